The Morgan fingerprint density at radius 2 is 2.11 bits per heavy atom. The summed E-state index contributed by atoms with van der Waals surface area (Å²) in [5.74, 6) is -1.06. The van der Waals surface area contributed by atoms with Gasteiger partial charge in [0.15, 0.2) is 0 Å². The third-order valence-electron chi connectivity index (χ3n) is 3.46. The van der Waals surface area contributed by atoms with Gasteiger partial charge in [0.25, 0.3) is 0 Å². The van der Waals surface area contributed by atoms with E-state index in [9.17, 15) is 9.59 Å². The van der Waals surface area contributed by atoms with Crippen LogP contribution >= 0.6 is 0 Å². The van der Waals surface area contributed by atoms with E-state index in [4.69, 9.17) is 5.11 Å². The standard InChI is InChI=1S/C13H24N2O3/c1-3-5-9(2)14-13(18)15-11-7-4-6-10(8-11)12(16)17/h9-11H,3-8H2,1-2H3,(H,16,17)(H2,14,15,18). The first-order valence-corrected chi connectivity index (χ1v) is 6.82. The molecule has 0 bridgehead atoms. The van der Waals surface area contributed by atoms with Gasteiger partial charge in [-0.2, -0.15) is 0 Å². The van der Waals surface area contributed by atoms with Gasteiger partial charge in [0.2, 0.25) is 0 Å². The number of carbonyl (C=O) groups excluding carboxylic acids is 1. The van der Waals surface area contributed by atoms with Crippen molar-refractivity contribution in [2.75, 3.05) is 0 Å². The average molecular weight is 256 g/mol. The van der Waals surface area contributed by atoms with Gasteiger partial charge in [-0.25, -0.2) is 4.79 Å². The fraction of sp³-hybridized carbons (Fsp3) is 0.846. The van der Waals surface area contributed by atoms with Gasteiger partial charge in [-0.15, -0.1) is 0 Å². The number of carboxylic acid groups (broad SMARTS) is 1. The van der Waals surface area contributed by atoms with Gasteiger partial charge in [-0.05, 0) is 32.6 Å². The van der Waals surface area contributed by atoms with Crippen molar-refractivity contribution in [1.82, 2.24) is 10.6 Å². The maximum atomic E-state index is 11.7. The molecule has 0 aromatic carbocycles. The normalized spacial score (nSPS) is 25.2. The zero-order valence-corrected chi connectivity index (χ0v) is 11.2. The first kappa shape index (κ1) is 14.8. The molecule has 104 valence electrons. The quantitative estimate of drug-likeness (QED) is 0.705. The molecule has 0 spiro atoms. The molecule has 0 aromatic heterocycles. The van der Waals surface area contributed by atoms with Crippen LogP contribution in [0.2, 0.25) is 0 Å². The van der Waals surface area contributed by atoms with Gasteiger partial charge in [-0.1, -0.05) is 19.8 Å². The van der Waals surface area contributed by atoms with Crippen molar-refractivity contribution in [3.8, 4) is 0 Å². The molecule has 0 radical (unpaired) electrons. The van der Waals surface area contributed by atoms with E-state index in [2.05, 4.69) is 17.6 Å². The van der Waals surface area contributed by atoms with Crippen LogP contribution in [-0.2, 0) is 4.79 Å². The Morgan fingerprint density at radius 1 is 1.39 bits per heavy atom. The van der Waals surface area contributed by atoms with E-state index in [0.717, 1.165) is 32.1 Å². The Kier molecular flexibility index (Phi) is 5.95. The molecule has 5 nitrogen and oxygen atoms in total. The molecule has 3 N–H and O–H groups in total. The zero-order chi connectivity index (χ0) is 13.5. The van der Waals surface area contributed by atoms with Gasteiger partial charge in [0.05, 0.1) is 5.92 Å². The summed E-state index contributed by atoms with van der Waals surface area (Å²) in [6.45, 7) is 4.05. The molecule has 0 aromatic rings. The summed E-state index contributed by atoms with van der Waals surface area (Å²) in [5.41, 5.74) is 0. The fourth-order valence-corrected chi connectivity index (χ4v) is 2.50. The third kappa shape index (κ3) is 4.94. The smallest absolute Gasteiger partial charge is 0.315 e. The van der Waals surface area contributed by atoms with E-state index in [0.29, 0.717) is 6.42 Å². The monoisotopic (exact) mass is 256 g/mol. The molecular formula is C13H24N2O3. The molecule has 1 aliphatic rings. The zero-order valence-electron chi connectivity index (χ0n) is 11.2. The Morgan fingerprint density at radius 3 is 2.72 bits per heavy atom. The number of aliphatic carboxylic acids is 1. The predicted octanol–water partition coefficient (Wildman–Crippen LogP) is 2.12. The lowest BCUT2D eigenvalue weighted by atomic mass is 9.86. The number of rotatable bonds is 5. The van der Waals surface area contributed by atoms with E-state index in [1.807, 2.05) is 6.92 Å². The number of urea groups is 1. The van der Waals surface area contributed by atoms with Gasteiger partial charge in [0, 0.05) is 12.1 Å². The van der Waals surface area contributed by atoms with Crippen LogP contribution in [0.25, 0.3) is 0 Å². The Hall–Kier alpha value is -1.26. The van der Waals surface area contributed by atoms with Crippen molar-refractivity contribution in [3.63, 3.8) is 0 Å². The SMILES string of the molecule is CCCC(C)NC(=O)NC1CCCC(C(=O)O)C1. The van der Waals surface area contributed by atoms with Gasteiger partial charge in [-0.3, -0.25) is 4.79 Å². The van der Waals surface area contributed by atoms with Crippen LogP contribution in [0.4, 0.5) is 4.79 Å². The second-order valence-electron chi connectivity index (χ2n) is 5.21. The van der Waals surface area contributed by atoms with E-state index in [-0.39, 0.29) is 24.0 Å². The Labute approximate surface area is 108 Å². The van der Waals surface area contributed by atoms with Gasteiger partial charge < -0.3 is 15.7 Å². The minimum atomic E-state index is -0.749. The predicted molar refractivity (Wildman–Crippen MR) is 69.4 cm³/mol. The van der Waals surface area contributed by atoms with E-state index < -0.39 is 5.97 Å². The van der Waals surface area contributed by atoms with Crippen molar-refractivity contribution < 1.29 is 14.7 Å². The average Bonchev–Trinajstić information content (AvgIpc) is 2.29. The van der Waals surface area contributed by atoms with Gasteiger partial charge >= 0.3 is 12.0 Å². The number of hydrogen-bond donors (Lipinski definition) is 3. The van der Waals surface area contributed by atoms with Crippen molar-refractivity contribution in [2.24, 2.45) is 5.92 Å². The summed E-state index contributed by atoms with van der Waals surface area (Å²) in [6, 6.07) is -0.0190. The molecular weight excluding hydrogens is 232 g/mol. The van der Waals surface area contributed by atoms with Crippen LogP contribution in [-0.4, -0.2) is 29.2 Å². The number of nitrogens with one attached hydrogen (secondary N) is 2. The lowest BCUT2D eigenvalue weighted by Gasteiger charge is -2.28. The van der Waals surface area contributed by atoms with Crippen LogP contribution in [0.15, 0.2) is 0 Å². The van der Waals surface area contributed by atoms with Crippen LogP contribution in [0.3, 0.4) is 0 Å². The molecule has 0 aliphatic heterocycles. The first-order chi connectivity index (χ1) is 8.52. The van der Waals surface area contributed by atoms with Crippen LogP contribution in [0.5, 0.6) is 0 Å². The van der Waals surface area contributed by atoms with Crippen molar-refractivity contribution >= 4 is 12.0 Å². The van der Waals surface area contributed by atoms with Crippen LogP contribution in [0, 0.1) is 5.92 Å². The van der Waals surface area contributed by atoms with Crippen LogP contribution in [0.1, 0.15) is 52.4 Å². The van der Waals surface area contributed by atoms with Gasteiger partial charge in [0.1, 0.15) is 0 Å². The Bertz CT molecular complexity index is 294. The highest BCUT2D eigenvalue weighted by molar-refractivity contribution is 5.75. The molecule has 5 heteroatoms. The van der Waals surface area contributed by atoms with Crippen molar-refractivity contribution in [2.45, 2.75) is 64.5 Å². The lowest BCUT2D eigenvalue weighted by Crippen LogP contribution is -2.47. The molecule has 1 fully saturated rings. The van der Waals surface area contributed by atoms with E-state index in [1.165, 1.54) is 0 Å². The molecule has 1 rings (SSSR count). The summed E-state index contributed by atoms with van der Waals surface area (Å²) in [6.07, 6.45) is 5.00. The maximum Gasteiger partial charge on any atom is 0.315 e. The molecule has 2 amide bonds. The fourth-order valence-electron chi connectivity index (χ4n) is 2.50. The highest BCUT2D eigenvalue weighted by atomic mass is 16.4. The summed E-state index contributed by atoms with van der Waals surface area (Å²) >= 11 is 0. The first-order valence-electron chi connectivity index (χ1n) is 6.82. The molecule has 3 unspecified atom stereocenters. The lowest BCUT2D eigenvalue weighted by molar-refractivity contribution is -0.143. The van der Waals surface area contributed by atoms with Crippen LogP contribution < -0.4 is 10.6 Å². The van der Waals surface area contributed by atoms with E-state index >= 15 is 0 Å². The molecule has 18 heavy (non-hydrogen) atoms. The molecule has 3 atom stereocenters. The maximum absolute atomic E-state index is 11.7. The number of carbonyl (C=O) groups is 2. The topological polar surface area (TPSA) is 78.4 Å². The van der Waals surface area contributed by atoms with Crippen molar-refractivity contribution in [3.05, 3.63) is 0 Å². The largest absolute Gasteiger partial charge is 0.481 e. The second kappa shape index (κ2) is 7.24. The number of hydrogen-bond acceptors (Lipinski definition) is 2. The van der Waals surface area contributed by atoms with Crippen molar-refractivity contribution in [1.29, 1.82) is 0 Å². The highest BCUT2D eigenvalue weighted by Crippen LogP contribution is 2.24. The molecule has 1 aliphatic carbocycles. The minimum Gasteiger partial charge on any atom is -0.481 e. The Balaban J connectivity index is 2.33. The summed E-state index contributed by atoms with van der Waals surface area (Å²) < 4.78 is 0. The number of amides is 2. The number of carboxylic acids is 1. The minimum absolute atomic E-state index is 0.00586. The molecule has 1 saturated carbocycles. The summed E-state index contributed by atoms with van der Waals surface area (Å²) in [7, 11) is 0. The van der Waals surface area contributed by atoms with E-state index in [1.54, 1.807) is 0 Å². The molecule has 0 heterocycles. The summed E-state index contributed by atoms with van der Waals surface area (Å²) in [5, 5.41) is 14.7. The highest BCUT2D eigenvalue weighted by Gasteiger charge is 2.27. The third-order valence-corrected chi connectivity index (χ3v) is 3.46. The molecule has 0 saturated heterocycles. The second-order valence-corrected chi connectivity index (χ2v) is 5.21. The summed E-state index contributed by atoms with van der Waals surface area (Å²) in [4.78, 5) is 22.6.